The number of unbranched alkanes of at least 4 members (excludes halogenated alkanes) is 18. The molecule has 0 spiro atoms. The molecule has 4 atom stereocenters. The van der Waals surface area contributed by atoms with Crippen molar-refractivity contribution >= 4 is 19.8 Å². The third kappa shape index (κ3) is 38.0. The number of nitrogens with zero attached hydrogens (tertiary/aromatic N) is 1. The lowest BCUT2D eigenvalue weighted by Crippen LogP contribution is -2.37. The second-order valence-corrected chi connectivity index (χ2v) is 17.8. The van der Waals surface area contributed by atoms with Gasteiger partial charge in [0.25, 0.3) is 0 Å². The zero-order valence-electron chi connectivity index (χ0n) is 36.3. The summed E-state index contributed by atoms with van der Waals surface area (Å²) < 4.78 is 34.2. The summed E-state index contributed by atoms with van der Waals surface area (Å²) in [6.07, 6.45) is 31.0. The predicted octanol–water partition coefficient (Wildman–Crippen LogP) is 10.3. The smallest absolute Gasteiger partial charge is 0.462 e. The molecule has 0 fully saturated rings. The van der Waals surface area contributed by atoms with Gasteiger partial charge < -0.3 is 29.1 Å². The minimum Gasteiger partial charge on any atom is -0.462 e. The fourth-order valence-electron chi connectivity index (χ4n) is 5.97. The van der Waals surface area contributed by atoms with Crippen molar-refractivity contribution in [2.75, 3.05) is 47.5 Å². The molecule has 0 amide bonds. The monoisotopic (exact) mass is 819 g/mol. The third-order valence-corrected chi connectivity index (χ3v) is 10.6. The topological polar surface area (TPSA) is 149 Å². The highest BCUT2D eigenvalue weighted by Crippen LogP contribution is 2.43. The number of quaternary nitrogens is 1. The molecule has 330 valence electrons. The Morgan fingerprint density at radius 2 is 1.09 bits per heavy atom. The van der Waals surface area contributed by atoms with E-state index in [1.54, 1.807) is 0 Å². The van der Waals surface area contributed by atoms with Gasteiger partial charge >= 0.3 is 19.8 Å². The number of carbonyl (C=O) groups is 2. The molecule has 1 unspecified atom stereocenters. The molecule has 56 heavy (non-hydrogen) atoms. The van der Waals surface area contributed by atoms with Crippen LogP contribution in [0.4, 0.5) is 0 Å². The summed E-state index contributed by atoms with van der Waals surface area (Å²) in [7, 11) is 1.38. The molecule has 0 rings (SSSR count). The zero-order chi connectivity index (χ0) is 41.8. The average molecular weight is 819 g/mol. The second kappa shape index (κ2) is 36.5. The van der Waals surface area contributed by atoms with E-state index in [0.717, 1.165) is 64.2 Å². The van der Waals surface area contributed by atoms with Crippen LogP contribution >= 0.6 is 7.82 Å². The first-order valence-corrected chi connectivity index (χ1v) is 23.7. The molecule has 11 nitrogen and oxygen atoms in total. The lowest BCUT2D eigenvalue weighted by molar-refractivity contribution is -0.870. The standard InChI is InChI=1S/C44H84NO10P/c1-6-8-10-12-14-15-16-17-18-19-20-21-22-26-30-34-43(48)52-38-40(39-54-56(50,51)53-37-36-45(3,4)5)55-44(49)35-31-27-23-25-29-33-42(47)41(46)32-28-24-13-11-9-7-2/h15-16,24,28,40-42,46-47H,6-14,17-23,25-27,29-39H2,1-5H3/p+1/b16-15-,28-24-/t40-,41+,42+/m1/s1. The van der Waals surface area contributed by atoms with Crippen molar-refractivity contribution in [3.63, 3.8) is 0 Å². The van der Waals surface area contributed by atoms with Crippen LogP contribution in [0.2, 0.25) is 0 Å². The summed E-state index contributed by atoms with van der Waals surface area (Å²) in [5.41, 5.74) is 0. The number of aliphatic hydroxyl groups excluding tert-OH is 2. The van der Waals surface area contributed by atoms with E-state index in [-0.39, 0.29) is 26.1 Å². The number of esters is 2. The molecule has 0 aliphatic carbocycles. The molecule has 0 aromatic rings. The van der Waals surface area contributed by atoms with E-state index in [1.165, 1.54) is 64.2 Å². The van der Waals surface area contributed by atoms with Crippen molar-refractivity contribution < 1.29 is 52.3 Å². The first-order valence-electron chi connectivity index (χ1n) is 22.2. The Labute approximate surface area is 342 Å². The average Bonchev–Trinajstić information content (AvgIpc) is 3.14. The summed E-state index contributed by atoms with van der Waals surface area (Å²) in [4.78, 5) is 35.4. The number of phosphoric ester groups is 1. The Bertz CT molecular complexity index is 1050. The number of rotatable bonds is 40. The van der Waals surface area contributed by atoms with Crippen LogP contribution in [0.5, 0.6) is 0 Å². The van der Waals surface area contributed by atoms with E-state index in [2.05, 4.69) is 32.1 Å². The second-order valence-electron chi connectivity index (χ2n) is 16.4. The summed E-state index contributed by atoms with van der Waals surface area (Å²) >= 11 is 0. The van der Waals surface area contributed by atoms with Crippen LogP contribution in [0.3, 0.4) is 0 Å². The van der Waals surface area contributed by atoms with Crippen molar-refractivity contribution in [1.29, 1.82) is 0 Å². The Kier molecular flexibility index (Phi) is 35.5. The maximum atomic E-state index is 12.7. The highest BCUT2D eigenvalue weighted by atomic mass is 31.2. The maximum absolute atomic E-state index is 12.7. The van der Waals surface area contributed by atoms with Crippen LogP contribution in [0.1, 0.15) is 181 Å². The van der Waals surface area contributed by atoms with Gasteiger partial charge in [0.1, 0.15) is 19.8 Å². The van der Waals surface area contributed by atoms with Crippen LogP contribution in [0.15, 0.2) is 24.3 Å². The fraction of sp³-hybridized carbons (Fsp3) is 0.864. The number of hydrogen-bond donors (Lipinski definition) is 3. The lowest BCUT2D eigenvalue weighted by atomic mass is 10.0. The van der Waals surface area contributed by atoms with Crippen molar-refractivity contribution in [2.24, 2.45) is 0 Å². The van der Waals surface area contributed by atoms with Gasteiger partial charge in [-0.05, 0) is 64.2 Å². The van der Waals surface area contributed by atoms with Crippen molar-refractivity contribution in [3.05, 3.63) is 24.3 Å². The van der Waals surface area contributed by atoms with Gasteiger partial charge in [0.2, 0.25) is 0 Å². The van der Waals surface area contributed by atoms with Gasteiger partial charge in [0, 0.05) is 12.8 Å². The minimum atomic E-state index is -4.41. The lowest BCUT2D eigenvalue weighted by Gasteiger charge is -2.24. The molecular formula is C44H85NO10P+. The van der Waals surface area contributed by atoms with Crippen LogP contribution in [0.25, 0.3) is 0 Å². The number of aliphatic hydroxyl groups is 2. The largest absolute Gasteiger partial charge is 0.472 e. The molecule has 0 saturated heterocycles. The SMILES string of the molecule is CCCCC/C=C\C[C@H](O)[C@@H](O)CCCCCCCC(=O)O[C@H](COC(=O)CCCCCCCCC/C=C\CCCCCC)COP(=O)(O)OCC[N+](C)(C)C. The van der Waals surface area contributed by atoms with Gasteiger partial charge in [0.05, 0.1) is 40.0 Å². The molecule has 0 aliphatic rings. The van der Waals surface area contributed by atoms with E-state index in [1.807, 2.05) is 27.2 Å². The molecule has 0 aromatic carbocycles. The molecule has 0 bridgehead atoms. The first kappa shape index (κ1) is 54.4. The minimum absolute atomic E-state index is 0.00337. The Morgan fingerprint density at radius 1 is 0.607 bits per heavy atom. The van der Waals surface area contributed by atoms with Crippen LogP contribution < -0.4 is 0 Å². The number of allylic oxidation sites excluding steroid dienone is 3. The number of likely N-dealkylation sites (N-methyl/N-ethyl adjacent to an activating group) is 1. The number of carbonyl (C=O) groups excluding carboxylic acids is 2. The summed E-state index contributed by atoms with van der Waals surface area (Å²) in [5, 5.41) is 20.5. The van der Waals surface area contributed by atoms with Gasteiger partial charge in [-0.2, -0.15) is 0 Å². The van der Waals surface area contributed by atoms with E-state index < -0.39 is 44.7 Å². The Balaban J connectivity index is 4.48. The molecule has 0 aromatic heterocycles. The molecule has 3 N–H and O–H groups in total. The Hall–Kier alpha value is -1.59. The highest BCUT2D eigenvalue weighted by Gasteiger charge is 2.27. The molecule has 0 heterocycles. The summed E-state index contributed by atoms with van der Waals surface area (Å²) in [5.74, 6) is -0.913. The van der Waals surface area contributed by atoms with Gasteiger partial charge in [-0.3, -0.25) is 18.6 Å². The van der Waals surface area contributed by atoms with E-state index in [9.17, 15) is 29.3 Å². The van der Waals surface area contributed by atoms with E-state index in [0.29, 0.717) is 36.7 Å². The van der Waals surface area contributed by atoms with Gasteiger partial charge in [-0.25, -0.2) is 4.57 Å². The molecule has 0 aliphatic heterocycles. The third-order valence-electron chi connectivity index (χ3n) is 9.65. The van der Waals surface area contributed by atoms with Gasteiger partial charge in [-0.1, -0.05) is 128 Å². The van der Waals surface area contributed by atoms with Gasteiger partial charge in [0.15, 0.2) is 6.10 Å². The van der Waals surface area contributed by atoms with Gasteiger partial charge in [-0.15, -0.1) is 0 Å². The fourth-order valence-corrected chi connectivity index (χ4v) is 6.71. The predicted molar refractivity (Wildman–Crippen MR) is 227 cm³/mol. The van der Waals surface area contributed by atoms with Crippen LogP contribution in [0, 0.1) is 0 Å². The molecule has 0 radical (unpaired) electrons. The Morgan fingerprint density at radius 3 is 1.68 bits per heavy atom. The van der Waals surface area contributed by atoms with E-state index in [4.69, 9.17) is 18.5 Å². The normalized spacial score (nSPS) is 14.9. The maximum Gasteiger partial charge on any atom is 0.472 e. The summed E-state index contributed by atoms with van der Waals surface area (Å²) in [6.45, 7) is 4.17. The highest BCUT2D eigenvalue weighted by molar-refractivity contribution is 7.47. The number of phosphoric acid groups is 1. The van der Waals surface area contributed by atoms with E-state index >= 15 is 0 Å². The molecular weight excluding hydrogens is 733 g/mol. The summed E-state index contributed by atoms with van der Waals surface area (Å²) in [6, 6.07) is 0. The zero-order valence-corrected chi connectivity index (χ0v) is 37.2. The van der Waals surface area contributed by atoms with Crippen LogP contribution in [-0.2, 0) is 32.7 Å². The molecule has 0 saturated carbocycles. The van der Waals surface area contributed by atoms with Crippen molar-refractivity contribution in [2.45, 2.75) is 199 Å². The number of ether oxygens (including phenoxy) is 2. The first-order chi connectivity index (χ1) is 26.8. The quantitative estimate of drug-likeness (QED) is 0.0179. The van der Waals surface area contributed by atoms with Crippen LogP contribution in [-0.4, -0.2) is 97.3 Å². The molecule has 12 heteroatoms. The number of hydrogen-bond acceptors (Lipinski definition) is 9. The van der Waals surface area contributed by atoms with Crippen molar-refractivity contribution in [3.8, 4) is 0 Å². The van der Waals surface area contributed by atoms with Crippen molar-refractivity contribution in [1.82, 2.24) is 0 Å².